The van der Waals surface area contributed by atoms with E-state index in [9.17, 15) is 9.90 Å². The number of aromatic carboxylic acids is 1. The summed E-state index contributed by atoms with van der Waals surface area (Å²) in [5, 5.41) is 16.1. The van der Waals surface area contributed by atoms with E-state index in [-0.39, 0.29) is 24.7 Å². The summed E-state index contributed by atoms with van der Waals surface area (Å²) >= 11 is 6.54. The molecule has 0 atom stereocenters. The summed E-state index contributed by atoms with van der Waals surface area (Å²) in [7, 11) is 0. The fraction of sp³-hybridized carbons (Fsp3) is 0.152. The zero-order valence-corrected chi connectivity index (χ0v) is 22.9. The summed E-state index contributed by atoms with van der Waals surface area (Å²) in [4.78, 5) is 11.2. The van der Waals surface area contributed by atoms with Crippen LogP contribution in [0.4, 0.5) is 0 Å². The van der Waals surface area contributed by atoms with E-state index in [1.165, 1.54) is 0 Å². The molecule has 6 nitrogen and oxygen atoms in total. The lowest BCUT2D eigenvalue weighted by molar-refractivity contribution is 0.0697. The number of ether oxygens (including phenoxy) is 2. The van der Waals surface area contributed by atoms with E-state index in [2.05, 4.69) is 17.3 Å². The van der Waals surface area contributed by atoms with Crippen LogP contribution in [0, 0.1) is 0 Å². The number of fused-ring (bicyclic) bond motifs is 1. The van der Waals surface area contributed by atoms with Crippen molar-refractivity contribution >= 4 is 40.5 Å². The van der Waals surface area contributed by atoms with Crippen molar-refractivity contribution in [2.45, 2.75) is 33.0 Å². The molecule has 1 heterocycles. The number of aromatic nitrogens is 1. The highest BCUT2D eigenvalue weighted by molar-refractivity contribution is 6.32. The first-order valence-corrected chi connectivity index (χ1v) is 13.3. The molecule has 0 saturated heterocycles. The van der Waals surface area contributed by atoms with Crippen LogP contribution >= 0.6 is 11.6 Å². The number of hydrogen-bond acceptors (Lipinski definition) is 5. The highest BCUT2D eigenvalue weighted by Gasteiger charge is 2.20. The standard InChI is InChI=1S/C33H28ClNO5/c1-21(2)32-28(30(35-40-32)20-39-31-12-6-9-23-8-3-4-11-27(23)31)19-38-26-16-15-24(29(34)18-26)14-13-22-7-5-10-25(17-22)33(36)37/h3-18,21H,19-20H2,1-2H3,(H,36,37)/b14-13+. The van der Waals surface area contributed by atoms with Gasteiger partial charge in [0.1, 0.15) is 36.2 Å². The second-order valence-corrected chi connectivity index (χ2v) is 10.0. The van der Waals surface area contributed by atoms with Crippen molar-refractivity contribution in [1.82, 2.24) is 5.16 Å². The third-order valence-electron chi connectivity index (χ3n) is 6.48. The molecule has 0 bridgehead atoms. The molecule has 202 valence electrons. The third kappa shape index (κ3) is 6.19. The van der Waals surface area contributed by atoms with Gasteiger partial charge in [0.05, 0.1) is 16.1 Å². The summed E-state index contributed by atoms with van der Waals surface area (Å²) in [5.74, 6) is 1.29. The maximum Gasteiger partial charge on any atom is 0.335 e. The van der Waals surface area contributed by atoms with Crippen molar-refractivity contribution < 1.29 is 23.9 Å². The molecule has 0 aliphatic carbocycles. The molecule has 0 spiro atoms. The van der Waals surface area contributed by atoms with E-state index in [0.717, 1.165) is 39.0 Å². The molecule has 4 aromatic carbocycles. The second kappa shape index (κ2) is 12.1. The van der Waals surface area contributed by atoms with Gasteiger partial charge in [-0.3, -0.25) is 0 Å². The Kier molecular flexibility index (Phi) is 8.18. The number of halogens is 1. The van der Waals surface area contributed by atoms with E-state index < -0.39 is 5.97 Å². The van der Waals surface area contributed by atoms with Gasteiger partial charge in [-0.2, -0.15) is 0 Å². The summed E-state index contributed by atoms with van der Waals surface area (Å²) < 4.78 is 18.0. The van der Waals surface area contributed by atoms with Gasteiger partial charge in [-0.1, -0.05) is 91.3 Å². The Labute approximate surface area is 237 Å². The van der Waals surface area contributed by atoms with Crippen LogP contribution in [-0.4, -0.2) is 16.2 Å². The quantitative estimate of drug-likeness (QED) is 0.174. The average molecular weight is 554 g/mol. The molecule has 0 aliphatic rings. The second-order valence-electron chi connectivity index (χ2n) is 9.63. The number of hydrogen-bond donors (Lipinski definition) is 1. The molecule has 5 aromatic rings. The third-order valence-corrected chi connectivity index (χ3v) is 6.81. The van der Waals surface area contributed by atoms with Crippen molar-refractivity contribution in [1.29, 1.82) is 0 Å². The highest BCUT2D eigenvalue weighted by Crippen LogP contribution is 2.30. The Morgan fingerprint density at radius 2 is 1.75 bits per heavy atom. The molecule has 5 rings (SSSR count). The first-order valence-electron chi connectivity index (χ1n) is 12.9. The molecular formula is C33H28ClNO5. The molecular weight excluding hydrogens is 526 g/mol. The molecule has 0 radical (unpaired) electrons. The Bertz CT molecular complexity index is 1680. The van der Waals surface area contributed by atoms with E-state index in [4.69, 9.17) is 25.6 Å². The van der Waals surface area contributed by atoms with Crippen LogP contribution in [0.1, 0.15) is 58.3 Å². The highest BCUT2D eigenvalue weighted by atomic mass is 35.5. The van der Waals surface area contributed by atoms with Gasteiger partial charge >= 0.3 is 5.97 Å². The Morgan fingerprint density at radius 3 is 2.55 bits per heavy atom. The maximum absolute atomic E-state index is 11.2. The van der Waals surface area contributed by atoms with Crippen LogP contribution < -0.4 is 9.47 Å². The molecule has 0 saturated carbocycles. The van der Waals surface area contributed by atoms with E-state index in [0.29, 0.717) is 16.5 Å². The van der Waals surface area contributed by atoms with Crippen molar-refractivity contribution in [3.63, 3.8) is 0 Å². The normalized spacial score (nSPS) is 11.4. The zero-order chi connectivity index (χ0) is 28.1. The lowest BCUT2D eigenvalue weighted by Crippen LogP contribution is -2.05. The van der Waals surface area contributed by atoms with Crippen molar-refractivity contribution in [2.24, 2.45) is 0 Å². The number of carboxylic acid groups (broad SMARTS) is 1. The van der Waals surface area contributed by atoms with Crippen molar-refractivity contribution in [3.8, 4) is 11.5 Å². The number of nitrogens with zero attached hydrogens (tertiary/aromatic N) is 1. The van der Waals surface area contributed by atoms with Crippen LogP contribution in [0.5, 0.6) is 11.5 Å². The molecule has 0 aliphatic heterocycles. The average Bonchev–Trinajstić information content (AvgIpc) is 3.37. The minimum absolute atomic E-state index is 0.119. The minimum atomic E-state index is -0.966. The van der Waals surface area contributed by atoms with E-state index in [1.54, 1.807) is 24.3 Å². The SMILES string of the molecule is CC(C)c1onc(COc2cccc3ccccc23)c1COc1ccc(/C=C/c2cccc(C(=O)O)c2)c(Cl)c1. The van der Waals surface area contributed by atoms with Crippen molar-refractivity contribution in [2.75, 3.05) is 0 Å². The zero-order valence-electron chi connectivity index (χ0n) is 22.1. The van der Waals surface area contributed by atoms with Crippen LogP contribution in [-0.2, 0) is 13.2 Å². The molecule has 1 N–H and O–H groups in total. The first kappa shape index (κ1) is 27.0. The van der Waals surface area contributed by atoms with E-state index >= 15 is 0 Å². The van der Waals surface area contributed by atoms with Gasteiger partial charge in [-0.05, 0) is 52.9 Å². The Balaban J connectivity index is 1.29. The fourth-order valence-corrected chi connectivity index (χ4v) is 4.63. The van der Waals surface area contributed by atoms with Crippen LogP contribution in [0.25, 0.3) is 22.9 Å². The molecule has 0 unspecified atom stereocenters. The summed E-state index contributed by atoms with van der Waals surface area (Å²) in [5.41, 5.74) is 3.32. The minimum Gasteiger partial charge on any atom is -0.489 e. The smallest absolute Gasteiger partial charge is 0.335 e. The fourth-order valence-electron chi connectivity index (χ4n) is 4.40. The largest absolute Gasteiger partial charge is 0.489 e. The van der Waals surface area contributed by atoms with Gasteiger partial charge in [0.2, 0.25) is 0 Å². The lowest BCUT2D eigenvalue weighted by Gasteiger charge is -2.11. The monoisotopic (exact) mass is 553 g/mol. The molecule has 0 amide bonds. The summed E-state index contributed by atoms with van der Waals surface area (Å²) in [6.45, 7) is 4.59. The van der Waals surface area contributed by atoms with Gasteiger partial charge in [0.15, 0.2) is 0 Å². The van der Waals surface area contributed by atoms with Gasteiger partial charge in [-0.25, -0.2) is 4.79 Å². The van der Waals surface area contributed by atoms with Crippen LogP contribution in [0.3, 0.4) is 0 Å². The summed E-state index contributed by atoms with van der Waals surface area (Å²) in [6, 6.07) is 26.2. The number of rotatable bonds is 10. The molecule has 0 fully saturated rings. The van der Waals surface area contributed by atoms with Crippen LogP contribution in [0.2, 0.25) is 5.02 Å². The molecule has 7 heteroatoms. The number of benzene rings is 4. The van der Waals surface area contributed by atoms with Crippen molar-refractivity contribution in [3.05, 3.63) is 124 Å². The first-order chi connectivity index (χ1) is 19.4. The molecule has 1 aromatic heterocycles. The predicted molar refractivity (Wildman–Crippen MR) is 157 cm³/mol. The van der Waals surface area contributed by atoms with Gasteiger partial charge in [0.25, 0.3) is 0 Å². The van der Waals surface area contributed by atoms with Gasteiger partial charge in [0, 0.05) is 11.3 Å². The topological polar surface area (TPSA) is 81.8 Å². The van der Waals surface area contributed by atoms with Gasteiger partial charge in [-0.15, -0.1) is 0 Å². The van der Waals surface area contributed by atoms with Gasteiger partial charge < -0.3 is 19.1 Å². The van der Waals surface area contributed by atoms with Crippen LogP contribution in [0.15, 0.2) is 89.5 Å². The Hall–Kier alpha value is -4.55. The van der Waals surface area contributed by atoms with E-state index in [1.807, 2.05) is 74.5 Å². The number of carbonyl (C=O) groups is 1. The lowest BCUT2D eigenvalue weighted by atomic mass is 10.1. The summed E-state index contributed by atoms with van der Waals surface area (Å²) in [6.07, 6.45) is 3.66. The molecule has 40 heavy (non-hydrogen) atoms. The Morgan fingerprint density at radius 1 is 0.950 bits per heavy atom. The maximum atomic E-state index is 11.2. The predicted octanol–water partition coefficient (Wildman–Crippen LogP) is 8.63. The number of carboxylic acids is 1.